The Balaban J connectivity index is 1.51. The van der Waals surface area contributed by atoms with Gasteiger partial charge < -0.3 is 15.3 Å². The zero-order valence-electron chi connectivity index (χ0n) is 23.8. The van der Waals surface area contributed by atoms with E-state index in [9.17, 15) is 24.3 Å². The van der Waals surface area contributed by atoms with Gasteiger partial charge >= 0.3 is 18.0 Å². The maximum absolute atomic E-state index is 14.1. The van der Waals surface area contributed by atoms with Gasteiger partial charge in [0.2, 0.25) is 5.91 Å². The number of nitrogens with zero attached hydrogens (tertiary/aromatic N) is 3. The number of urea groups is 2. The van der Waals surface area contributed by atoms with Gasteiger partial charge in [-0.1, -0.05) is 97.1 Å². The van der Waals surface area contributed by atoms with Crippen LogP contribution < -0.4 is 20.5 Å². The number of para-hydroxylation sites is 2. The second-order valence-corrected chi connectivity index (χ2v) is 9.78. The van der Waals surface area contributed by atoms with Crippen LogP contribution >= 0.6 is 0 Å². The van der Waals surface area contributed by atoms with E-state index >= 15 is 0 Å². The van der Waals surface area contributed by atoms with Gasteiger partial charge in [-0.05, 0) is 29.3 Å². The number of carboxylic acid groups (broad SMARTS) is 1. The number of likely N-dealkylation sites (N-methyl/N-ethyl adjacent to an activating group) is 1. The lowest BCUT2D eigenvalue weighted by atomic mass is 9.97. The predicted octanol–water partition coefficient (Wildman–Crippen LogP) is 5.32. The summed E-state index contributed by atoms with van der Waals surface area (Å²) in [4.78, 5) is 55.2. The van der Waals surface area contributed by atoms with Crippen LogP contribution in [-0.2, 0) is 9.59 Å². The quantitative estimate of drug-likeness (QED) is 0.241. The number of hydrogen-bond acceptors (Lipinski definition) is 4. The minimum atomic E-state index is -1.26. The lowest BCUT2D eigenvalue weighted by molar-refractivity contribution is -0.131. The van der Waals surface area contributed by atoms with Crippen molar-refractivity contribution in [2.75, 3.05) is 23.4 Å². The molecule has 0 unspecified atom stereocenters. The van der Waals surface area contributed by atoms with E-state index in [0.717, 1.165) is 16.6 Å². The van der Waals surface area contributed by atoms with Crippen molar-refractivity contribution in [3.63, 3.8) is 0 Å². The number of carbonyl (C=O) groups is 4. The number of carbonyl (C=O) groups excluding carboxylic acids is 3. The van der Waals surface area contributed by atoms with Crippen molar-refractivity contribution >= 4 is 46.6 Å². The Hall–Kier alpha value is -6.16. The highest BCUT2D eigenvalue weighted by atomic mass is 16.4. The third-order valence-electron chi connectivity index (χ3n) is 6.90. The molecule has 1 aliphatic heterocycles. The van der Waals surface area contributed by atoms with Crippen LogP contribution in [0.2, 0.25) is 0 Å². The average Bonchev–Trinajstić information content (AvgIpc) is 3.16. The Morgan fingerprint density at radius 2 is 1.41 bits per heavy atom. The maximum Gasteiger partial charge on any atom is 0.347 e. The Morgan fingerprint density at radius 3 is 2.07 bits per heavy atom. The topological polar surface area (TPSA) is 122 Å². The van der Waals surface area contributed by atoms with E-state index in [1.54, 1.807) is 61.6 Å². The molecule has 220 valence electrons. The third kappa shape index (κ3) is 6.66. The van der Waals surface area contributed by atoms with Crippen LogP contribution in [0.4, 0.5) is 21.0 Å². The van der Waals surface area contributed by atoms with E-state index in [1.807, 2.05) is 60.7 Å². The SMILES string of the molecule is CN(C(=O)CN1C(=O)N(NC(=O)N/C(=C\C(=O)O)c2ccccc2)C=C(c2ccccc2)c2ccccc21)c1ccccc1. The van der Waals surface area contributed by atoms with Gasteiger partial charge in [0.15, 0.2) is 0 Å². The van der Waals surface area contributed by atoms with E-state index in [-0.39, 0.29) is 18.1 Å². The molecule has 0 saturated carbocycles. The summed E-state index contributed by atoms with van der Waals surface area (Å²) in [6.07, 6.45) is 2.36. The largest absolute Gasteiger partial charge is 0.478 e. The number of carboxylic acids is 1. The first-order chi connectivity index (χ1) is 21.3. The predicted molar refractivity (Wildman–Crippen MR) is 168 cm³/mol. The molecule has 0 saturated heterocycles. The van der Waals surface area contributed by atoms with Crippen molar-refractivity contribution in [3.8, 4) is 0 Å². The fourth-order valence-corrected chi connectivity index (χ4v) is 4.73. The van der Waals surface area contributed by atoms with E-state index in [2.05, 4.69) is 10.7 Å². The van der Waals surface area contributed by atoms with Gasteiger partial charge in [-0.2, -0.15) is 0 Å². The van der Waals surface area contributed by atoms with Crippen LogP contribution in [0.25, 0.3) is 11.3 Å². The molecule has 0 radical (unpaired) electrons. The molecule has 0 aliphatic carbocycles. The highest BCUT2D eigenvalue weighted by Crippen LogP contribution is 2.35. The number of rotatable bonds is 8. The van der Waals surface area contributed by atoms with Crippen LogP contribution in [0, 0.1) is 0 Å². The normalized spacial score (nSPS) is 12.9. The minimum Gasteiger partial charge on any atom is -0.478 e. The molecule has 0 aromatic heterocycles. The van der Waals surface area contributed by atoms with Gasteiger partial charge in [0, 0.05) is 36.1 Å². The molecular weight excluding hydrogens is 558 g/mol. The molecule has 0 fully saturated rings. The molecule has 5 amide bonds. The number of nitrogens with one attached hydrogen (secondary N) is 2. The van der Waals surface area contributed by atoms with Gasteiger partial charge in [-0.3, -0.25) is 9.69 Å². The van der Waals surface area contributed by atoms with Crippen molar-refractivity contribution in [1.29, 1.82) is 0 Å². The molecule has 10 nitrogen and oxygen atoms in total. The molecule has 1 heterocycles. The van der Waals surface area contributed by atoms with Crippen LogP contribution in [0.5, 0.6) is 0 Å². The number of fused-ring (bicyclic) bond motifs is 1. The third-order valence-corrected chi connectivity index (χ3v) is 6.90. The highest BCUT2D eigenvalue weighted by molar-refractivity contribution is 6.07. The van der Waals surface area contributed by atoms with Crippen LogP contribution in [0.3, 0.4) is 0 Å². The van der Waals surface area contributed by atoms with Crippen LogP contribution in [-0.4, -0.2) is 47.6 Å². The number of anilines is 2. The van der Waals surface area contributed by atoms with E-state index in [1.165, 1.54) is 16.0 Å². The van der Waals surface area contributed by atoms with Gasteiger partial charge in [0.05, 0.1) is 11.4 Å². The van der Waals surface area contributed by atoms with E-state index < -0.39 is 18.0 Å². The molecule has 44 heavy (non-hydrogen) atoms. The molecule has 3 N–H and O–H groups in total. The second kappa shape index (κ2) is 13.2. The molecule has 4 aromatic carbocycles. The Morgan fingerprint density at radius 1 is 0.818 bits per heavy atom. The van der Waals surface area contributed by atoms with Crippen molar-refractivity contribution in [2.24, 2.45) is 0 Å². The zero-order chi connectivity index (χ0) is 31.1. The highest BCUT2D eigenvalue weighted by Gasteiger charge is 2.32. The fraction of sp³-hybridized carbons (Fsp3) is 0.0588. The van der Waals surface area contributed by atoms with Gasteiger partial charge in [-0.15, -0.1) is 0 Å². The number of hydrazine groups is 1. The molecule has 5 rings (SSSR count). The summed E-state index contributed by atoms with van der Waals surface area (Å²) in [6, 6.07) is 32.5. The lowest BCUT2D eigenvalue weighted by Crippen LogP contribution is -2.53. The number of benzene rings is 4. The molecule has 0 bridgehead atoms. The summed E-state index contributed by atoms with van der Waals surface area (Å²) in [7, 11) is 1.63. The molecule has 10 heteroatoms. The maximum atomic E-state index is 14.1. The number of hydrogen-bond donors (Lipinski definition) is 3. The van der Waals surface area contributed by atoms with Crippen molar-refractivity contribution in [2.45, 2.75) is 0 Å². The monoisotopic (exact) mass is 587 g/mol. The molecule has 0 spiro atoms. The molecule has 4 aromatic rings. The van der Waals surface area contributed by atoms with E-state index in [4.69, 9.17) is 0 Å². The van der Waals surface area contributed by atoms with Crippen LogP contribution in [0.1, 0.15) is 16.7 Å². The van der Waals surface area contributed by atoms with E-state index in [0.29, 0.717) is 28.1 Å². The lowest BCUT2D eigenvalue weighted by Gasteiger charge is -2.29. The summed E-state index contributed by atoms with van der Waals surface area (Å²) < 4.78 is 0. The summed E-state index contributed by atoms with van der Waals surface area (Å²) in [5.74, 6) is -1.62. The van der Waals surface area contributed by atoms with Crippen molar-refractivity contribution in [3.05, 3.63) is 144 Å². The van der Waals surface area contributed by atoms with Gasteiger partial charge in [-0.25, -0.2) is 24.8 Å². The standard InChI is InChI=1S/C34H29N5O5/c1-37(26-17-9-4-10-18-26)31(40)23-38-30-20-12-11-19-27(30)28(24-13-5-2-6-14-24)22-39(34(38)44)36-33(43)35-29(21-32(41)42)25-15-7-3-8-16-25/h2-22H,23H2,1H3,(H,41,42)(H2,35,36,43)/b29-21-. The summed E-state index contributed by atoms with van der Waals surface area (Å²) in [6.45, 7) is -0.328. The Kier molecular flexibility index (Phi) is 8.81. The first-order valence-corrected chi connectivity index (χ1v) is 13.7. The number of aliphatic carboxylic acids is 1. The second-order valence-electron chi connectivity index (χ2n) is 9.78. The Labute approximate surface area is 254 Å². The Bertz CT molecular complexity index is 1740. The zero-order valence-corrected chi connectivity index (χ0v) is 23.8. The fourth-order valence-electron chi connectivity index (χ4n) is 4.73. The summed E-state index contributed by atoms with van der Waals surface area (Å²) in [5, 5.41) is 12.9. The molecule has 1 aliphatic rings. The first kappa shape index (κ1) is 29.3. The first-order valence-electron chi connectivity index (χ1n) is 13.7. The molecular formula is C34H29N5O5. The van der Waals surface area contributed by atoms with Crippen molar-refractivity contribution < 1.29 is 24.3 Å². The summed E-state index contributed by atoms with van der Waals surface area (Å²) >= 11 is 0. The average molecular weight is 588 g/mol. The minimum absolute atomic E-state index is 0.0185. The number of amides is 5. The van der Waals surface area contributed by atoms with Crippen molar-refractivity contribution in [1.82, 2.24) is 15.8 Å². The molecule has 0 atom stereocenters. The summed E-state index contributed by atoms with van der Waals surface area (Å²) in [5.41, 5.74) is 6.20. The smallest absolute Gasteiger partial charge is 0.347 e. The van der Waals surface area contributed by atoms with Gasteiger partial charge in [0.25, 0.3) is 0 Å². The van der Waals surface area contributed by atoms with Crippen LogP contribution in [0.15, 0.2) is 128 Å². The van der Waals surface area contributed by atoms with Gasteiger partial charge in [0.1, 0.15) is 6.54 Å².